The highest BCUT2D eigenvalue weighted by atomic mass is 13.8. The second kappa shape index (κ2) is 3.12. The van der Waals surface area contributed by atoms with E-state index in [1.54, 1.807) is 0 Å². The maximum atomic E-state index is 2.30. The highest BCUT2D eigenvalue weighted by Crippen LogP contribution is 2.11. The van der Waals surface area contributed by atoms with Gasteiger partial charge in [-0.15, -0.1) is 0 Å². The van der Waals surface area contributed by atoms with Crippen LogP contribution in [-0.4, -0.2) is 6.71 Å². The standard InChI is InChI=1S/C6H15B/c1-5-6(2)7(3)4/h6H,5H2,1-4H3. The van der Waals surface area contributed by atoms with Gasteiger partial charge in [0.25, 0.3) is 0 Å². The summed E-state index contributed by atoms with van der Waals surface area (Å²) in [7, 11) is 0. The molecule has 1 heteroatoms. The first-order valence-electron chi connectivity index (χ1n) is 3.18. The van der Waals surface area contributed by atoms with Crippen LogP contribution in [0.2, 0.25) is 19.5 Å². The minimum atomic E-state index is 0.866. The molecule has 0 spiro atoms. The lowest BCUT2D eigenvalue weighted by atomic mass is 9.45. The van der Waals surface area contributed by atoms with Gasteiger partial charge in [-0.3, -0.25) is 0 Å². The fourth-order valence-electron chi connectivity index (χ4n) is 0.471. The van der Waals surface area contributed by atoms with Crippen molar-refractivity contribution in [1.82, 2.24) is 0 Å². The average molecular weight is 98.0 g/mol. The van der Waals surface area contributed by atoms with Crippen molar-refractivity contribution >= 4 is 6.71 Å². The van der Waals surface area contributed by atoms with Crippen LogP contribution in [0.15, 0.2) is 0 Å². The van der Waals surface area contributed by atoms with Crippen LogP contribution in [-0.2, 0) is 0 Å². The lowest BCUT2D eigenvalue weighted by molar-refractivity contribution is 0.859. The normalized spacial score (nSPS) is 13.7. The highest BCUT2D eigenvalue weighted by molar-refractivity contribution is 6.57. The summed E-state index contributed by atoms with van der Waals surface area (Å²) in [4.78, 5) is 0. The number of hydrogen-bond acceptors (Lipinski definition) is 0. The summed E-state index contributed by atoms with van der Waals surface area (Å²) in [6, 6.07) is 0. The topological polar surface area (TPSA) is 0 Å². The maximum absolute atomic E-state index is 2.30. The minimum absolute atomic E-state index is 0.866. The third-order valence-corrected chi connectivity index (χ3v) is 1.78. The molecule has 0 bridgehead atoms. The van der Waals surface area contributed by atoms with Gasteiger partial charge in [0.05, 0.1) is 0 Å². The summed E-state index contributed by atoms with van der Waals surface area (Å²) in [6.07, 6.45) is 1.32. The van der Waals surface area contributed by atoms with Gasteiger partial charge in [0.1, 0.15) is 6.71 Å². The van der Waals surface area contributed by atoms with Crippen LogP contribution in [0.5, 0.6) is 0 Å². The molecule has 7 heavy (non-hydrogen) atoms. The molecule has 1 atom stereocenters. The zero-order chi connectivity index (χ0) is 5.86. The molecule has 1 unspecified atom stereocenters. The molecule has 0 aromatic rings. The summed E-state index contributed by atoms with van der Waals surface area (Å²) in [5.74, 6) is 0.903. The second-order valence-corrected chi connectivity index (χ2v) is 2.63. The van der Waals surface area contributed by atoms with Gasteiger partial charge in [0, 0.05) is 0 Å². The Morgan fingerprint density at radius 1 is 1.43 bits per heavy atom. The molecule has 0 aliphatic heterocycles. The zero-order valence-electron chi connectivity index (χ0n) is 5.86. The smallest absolute Gasteiger partial charge is 0.0861 e. The van der Waals surface area contributed by atoms with E-state index < -0.39 is 0 Å². The molecule has 0 radical (unpaired) electrons. The van der Waals surface area contributed by atoms with Crippen molar-refractivity contribution in [2.24, 2.45) is 0 Å². The lowest BCUT2D eigenvalue weighted by Crippen LogP contribution is -2.06. The summed E-state index contributed by atoms with van der Waals surface area (Å²) in [5, 5.41) is 0. The largest absolute Gasteiger partial charge is 0.136 e. The molecule has 0 heterocycles. The van der Waals surface area contributed by atoms with Crippen LogP contribution in [0.3, 0.4) is 0 Å². The Kier molecular flexibility index (Phi) is 3.15. The second-order valence-electron chi connectivity index (χ2n) is 2.63. The molecule has 0 saturated carbocycles. The first kappa shape index (κ1) is 7.06. The molecule has 0 aromatic carbocycles. The van der Waals surface area contributed by atoms with E-state index in [1.165, 1.54) is 6.42 Å². The van der Waals surface area contributed by atoms with E-state index in [0.29, 0.717) is 0 Å². The molecular formula is C6H15B. The Morgan fingerprint density at radius 2 is 1.86 bits per heavy atom. The van der Waals surface area contributed by atoms with E-state index >= 15 is 0 Å². The van der Waals surface area contributed by atoms with Gasteiger partial charge in [-0.05, 0) is 0 Å². The lowest BCUT2D eigenvalue weighted by Gasteiger charge is -2.07. The molecule has 0 aromatic heterocycles. The van der Waals surface area contributed by atoms with Gasteiger partial charge >= 0.3 is 0 Å². The summed E-state index contributed by atoms with van der Waals surface area (Å²) < 4.78 is 0. The van der Waals surface area contributed by atoms with E-state index in [9.17, 15) is 0 Å². The highest BCUT2D eigenvalue weighted by Gasteiger charge is 2.05. The molecule has 0 aliphatic carbocycles. The summed E-state index contributed by atoms with van der Waals surface area (Å²) >= 11 is 0. The molecule has 0 amide bonds. The summed E-state index contributed by atoms with van der Waals surface area (Å²) in [5.41, 5.74) is 0. The van der Waals surface area contributed by atoms with Gasteiger partial charge in [-0.1, -0.05) is 39.7 Å². The number of hydrogen-bond donors (Lipinski definition) is 0. The summed E-state index contributed by atoms with van der Waals surface area (Å²) in [6.45, 7) is 9.95. The predicted octanol–water partition coefficient (Wildman–Crippen LogP) is 2.54. The predicted molar refractivity (Wildman–Crippen MR) is 37.2 cm³/mol. The van der Waals surface area contributed by atoms with Crippen LogP contribution in [0, 0.1) is 0 Å². The van der Waals surface area contributed by atoms with E-state index in [2.05, 4.69) is 27.5 Å². The Hall–Kier alpha value is 0.0649. The molecule has 0 fully saturated rings. The van der Waals surface area contributed by atoms with Crippen LogP contribution < -0.4 is 0 Å². The van der Waals surface area contributed by atoms with Crippen molar-refractivity contribution < 1.29 is 0 Å². The van der Waals surface area contributed by atoms with Crippen molar-refractivity contribution in [2.45, 2.75) is 39.7 Å². The van der Waals surface area contributed by atoms with Crippen LogP contribution in [0.25, 0.3) is 0 Å². The molecule has 0 nitrogen and oxygen atoms in total. The van der Waals surface area contributed by atoms with Crippen molar-refractivity contribution in [1.29, 1.82) is 0 Å². The Balaban J connectivity index is 3.14. The van der Waals surface area contributed by atoms with E-state index in [1.807, 2.05) is 0 Å². The molecule has 0 aliphatic rings. The van der Waals surface area contributed by atoms with Gasteiger partial charge in [-0.25, -0.2) is 0 Å². The minimum Gasteiger partial charge on any atom is -0.0861 e. The molecule has 0 rings (SSSR count). The van der Waals surface area contributed by atoms with Gasteiger partial charge in [0.2, 0.25) is 0 Å². The van der Waals surface area contributed by atoms with E-state index in [0.717, 1.165) is 12.5 Å². The van der Waals surface area contributed by atoms with Gasteiger partial charge in [0.15, 0.2) is 0 Å². The zero-order valence-corrected chi connectivity index (χ0v) is 5.86. The molecule has 0 N–H and O–H groups in total. The van der Waals surface area contributed by atoms with Gasteiger partial charge < -0.3 is 0 Å². The third-order valence-electron chi connectivity index (χ3n) is 1.78. The van der Waals surface area contributed by atoms with Crippen molar-refractivity contribution in [3.63, 3.8) is 0 Å². The Labute approximate surface area is 47.4 Å². The monoisotopic (exact) mass is 98.1 g/mol. The first-order chi connectivity index (χ1) is 3.18. The SMILES string of the molecule is CCC(C)B(C)C. The maximum Gasteiger partial charge on any atom is 0.136 e. The van der Waals surface area contributed by atoms with Crippen LogP contribution >= 0.6 is 0 Å². The molecule has 42 valence electrons. The fraction of sp³-hybridized carbons (Fsp3) is 1.00. The van der Waals surface area contributed by atoms with Crippen LogP contribution in [0.1, 0.15) is 20.3 Å². The van der Waals surface area contributed by atoms with Crippen molar-refractivity contribution in [2.75, 3.05) is 0 Å². The van der Waals surface area contributed by atoms with E-state index in [-0.39, 0.29) is 0 Å². The molecular weight excluding hydrogens is 82.9 g/mol. The van der Waals surface area contributed by atoms with Crippen LogP contribution in [0.4, 0.5) is 0 Å². The molecule has 0 saturated heterocycles. The van der Waals surface area contributed by atoms with Crippen molar-refractivity contribution in [3.8, 4) is 0 Å². The van der Waals surface area contributed by atoms with E-state index in [4.69, 9.17) is 0 Å². The number of rotatable bonds is 2. The third kappa shape index (κ3) is 2.72. The first-order valence-corrected chi connectivity index (χ1v) is 3.18. The Bertz CT molecular complexity index is 41.4. The Morgan fingerprint density at radius 3 is 1.86 bits per heavy atom. The van der Waals surface area contributed by atoms with Gasteiger partial charge in [-0.2, -0.15) is 0 Å². The quantitative estimate of drug-likeness (QED) is 0.465. The fourth-order valence-corrected chi connectivity index (χ4v) is 0.471. The average Bonchev–Trinajstić information content (AvgIpc) is 1.65. The van der Waals surface area contributed by atoms with Crippen molar-refractivity contribution in [3.05, 3.63) is 0 Å².